The van der Waals surface area contributed by atoms with Crippen LogP contribution in [0.4, 0.5) is 0 Å². The molecule has 0 atom stereocenters. The summed E-state index contributed by atoms with van der Waals surface area (Å²) < 4.78 is 0. The van der Waals surface area contributed by atoms with Crippen LogP contribution in [0, 0.1) is 5.41 Å². The summed E-state index contributed by atoms with van der Waals surface area (Å²) >= 11 is 0. The number of benzene rings is 1. The molecule has 148 valence electrons. The van der Waals surface area contributed by atoms with E-state index in [9.17, 15) is 0 Å². The van der Waals surface area contributed by atoms with Gasteiger partial charge in [-0.3, -0.25) is 4.90 Å². The van der Waals surface area contributed by atoms with Crippen LogP contribution in [0.3, 0.4) is 0 Å². The molecule has 0 aromatic heterocycles. The summed E-state index contributed by atoms with van der Waals surface area (Å²) in [7, 11) is 0. The lowest BCUT2D eigenvalue weighted by atomic mass is 9.96. The Hall–Kier alpha value is -0.900. The molecule has 0 amide bonds. The second-order valence-electron chi connectivity index (χ2n) is 9.92. The summed E-state index contributed by atoms with van der Waals surface area (Å²) in [5, 5.41) is 3.68. The first-order valence-electron chi connectivity index (χ1n) is 10.4. The highest BCUT2D eigenvalue weighted by Crippen LogP contribution is 2.18. The van der Waals surface area contributed by atoms with Gasteiger partial charge in [0.05, 0.1) is 0 Å². The van der Waals surface area contributed by atoms with Gasteiger partial charge in [0, 0.05) is 51.4 Å². The van der Waals surface area contributed by atoms with E-state index in [1.165, 1.54) is 56.7 Å². The van der Waals surface area contributed by atoms with Gasteiger partial charge in [-0.2, -0.15) is 0 Å². The predicted octanol–water partition coefficient (Wildman–Crippen LogP) is 4.52. The molecule has 1 aliphatic rings. The molecule has 1 heterocycles. The first kappa shape index (κ1) is 21.4. The van der Waals surface area contributed by atoms with Crippen LogP contribution in [0.25, 0.3) is 0 Å². The van der Waals surface area contributed by atoms with Crippen molar-refractivity contribution in [1.82, 2.24) is 15.1 Å². The molecule has 0 bridgehead atoms. The Bertz CT molecular complexity index is 519. The highest BCUT2D eigenvalue weighted by molar-refractivity contribution is 5.22. The largest absolute Gasteiger partial charge is 0.308 e. The Kier molecular flexibility index (Phi) is 7.69. The highest BCUT2D eigenvalue weighted by atomic mass is 15.3. The smallest absolute Gasteiger partial charge is 0.0234 e. The van der Waals surface area contributed by atoms with E-state index in [2.05, 4.69) is 80.9 Å². The zero-order valence-corrected chi connectivity index (χ0v) is 18.1. The molecule has 26 heavy (non-hydrogen) atoms. The van der Waals surface area contributed by atoms with Crippen LogP contribution in [0.2, 0.25) is 0 Å². The molecule has 0 saturated carbocycles. The van der Waals surface area contributed by atoms with Gasteiger partial charge >= 0.3 is 0 Å². The Morgan fingerprint density at radius 1 is 0.846 bits per heavy atom. The van der Waals surface area contributed by atoms with Crippen molar-refractivity contribution in [3.8, 4) is 0 Å². The average Bonchev–Trinajstić information content (AvgIpc) is 2.55. The molecule has 3 heteroatoms. The third kappa shape index (κ3) is 7.77. The Labute approximate surface area is 162 Å². The fourth-order valence-electron chi connectivity index (χ4n) is 3.85. The van der Waals surface area contributed by atoms with Crippen molar-refractivity contribution in [3.05, 3.63) is 35.4 Å². The molecule has 1 aliphatic heterocycles. The van der Waals surface area contributed by atoms with Gasteiger partial charge < -0.3 is 10.2 Å². The van der Waals surface area contributed by atoms with Gasteiger partial charge in [0.2, 0.25) is 0 Å². The van der Waals surface area contributed by atoms with E-state index in [1.807, 2.05) is 0 Å². The van der Waals surface area contributed by atoms with Gasteiger partial charge in [-0.1, -0.05) is 58.4 Å². The van der Waals surface area contributed by atoms with Gasteiger partial charge in [-0.15, -0.1) is 0 Å². The van der Waals surface area contributed by atoms with Gasteiger partial charge in [-0.25, -0.2) is 0 Å². The molecule has 1 aromatic rings. The lowest BCUT2D eigenvalue weighted by Gasteiger charge is -2.37. The molecule has 0 aliphatic carbocycles. The molecule has 1 N–H and O–H groups in total. The van der Waals surface area contributed by atoms with E-state index >= 15 is 0 Å². The monoisotopic (exact) mass is 359 g/mol. The fraction of sp³-hybridized carbons (Fsp3) is 0.739. The Balaban J connectivity index is 1.76. The van der Waals surface area contributed by atoms with Crippen molar-refractivity contribution >= 4 is 0 Å². The quantitative estimate of drug-likeness (QED) is 0.736. The highest BCUT2D eigenvalue weighted by Gasteiger charge is 2.21. The Morgan fingerprint density at radius 2 is 1.38 bits per heavy atom. The minimum Gasteiger partial charge on any atom is -0.308 e. The van der Waals surface area contributed by atoms with Crippen molar-refractivity contribution in [2.45, 2.75) is 73.0 Å². The van der Waals surface area contributed by atoms with Crippen LogP contribution in [0.15, 0.2) is 24.3 Å². The van der Waals surface area contributed by atoms with Crippen LogP contribution in [-0.2, 0) is 13.1 Å². The van der Waals surface area contributed by atoms with Crippen molar-refractivity contribution in [3.63, 3.8) is 0 Å². The van der Waals surface area contributed by atoms with Crippen molar-refractivity contribution in [1.29, 1.82) is 0 Å². The maximum absolute atomic E-state index is 3.68. The van der Waals surface area contributed by atoms with Crippen molar-refractivity contribution in [2.24, 2.45) is 5.41 Å². The summed E-state index contributed by atoms with van der Waals surface area (Å²) in [5.41, 5.74) is 3.44. The molecule has 3 nitrogen and oxygen atoms in total. The maximum Gasteiger partial charge on any atom is 0.0234 e. The molecule has 2 rings (SSSR count). The molecule has 1 aromatic carbocycles. The minimum atomic E-state index is 0.222. The van der Waals surface area contributed by atoms with Crippen molar-refractivity contribution < 1.29 is 0 Å². The number of piperazine rings is 1. The van der Waals surface area contributed by atoms with Crippen LogP contribution < -0.4 is 5.32 Å². The number of nitrogens with zero attached hydrogens (tertiary/aromatic N) is 2. The summed E-state index contributed by atoms with van der Waals surface area (Å²) in [5.74, 6) is 0. The topological polar surface area (TPSA) is 18.5 Å². The molecular formula is C23H41N3. The first-order valence-corrected chi connectivity index (χ1v) is 10.4. The summed E-state index contributed by atoms with van der Waals surface area (Å²) in [6.45, 7) is 21.9. The molecule has 1 fully saturated rings. The fourth-order valence-corrected chi connectivity index (χ4v) is 3.85. The molecule has 0 spiro atoms. The average molecular weight is 360 g/mol. The van der Waals surface area contributed by atoms with Gasteiger partial charge in [0.15, 0.2) is 0 Å². The summed E-state index contributed by atoms with van der Waals surface area (Å²) in [6.07, 6.45) is 2.44. The second-order valence-corrected chi connectivity index (χ2v) is 9.92. The third-order valence-electron chi connectivity index (χ3n) is 5.24. The SMILES string of the molecule is CCCC(C)(C)NCc1ccc(CN2CCN(CC(C)(C)C)CC2)cc1. The lowest BCUT2D eigenvalue weighted by Crippen LogP contribution is -2.48. The van der Waals surface area contributed by atoms with Crippen LogP contribution in [0.1, 0.15) is 65.5 Å². The van der Waals surface area contributed by atoms with Gasteiger partial charge in [0.1, 0.15) is 0 Å². The van der Waals surface area contributed by atoms with Gasteiger partial charge in [0.25, 0.3) is 0 Å². The Morgan fingerprint density at radius 3 is 1.92 bits per heavy atom. The van der Waals surface area contributed by atoms with Crippen LogP contribution in [-0.4, -0.2) is 48.1 Å². The third-order valence-corrected chi connectivity index (χ3v) is 5.24. The zero-order valence-electron chi connectivity index (χ0n) is 18.1. The predicted molar refractivity (Wildman–Crippen MR) is 113 cm³/mol. The standard InChI is InChI=1S/C23H41N3/c1-7-12-23(5,6)24-17-20-8-10-21(11-9-20)18-25-13-15-26(16-14-25)19-22(2,3)4/h8-11,24H,7,12-19H2,1-6H3. The van der Waals surface area contributed by atoms with Crippen LogP contribution >= 0.6 is 0 Å². The molecule has 1 saturated heterocycles. The van der Waals surface area contributed by atoms with E-state index in [0.717, 1.165) is 13.1 Å². The normalized spacial score (nSPS) is 17.6. The number of rotatable bonds is 8. The number of hydrogen-bond donors (Lipinski definition) is 1. The molecular weight excluding hydrogens is 318 g/mol. The summed E-state index contributed by atoms with van der Waals surface area (Å²) in [4.78, 5) is 5.21. The van der Waals surface area contributed by atoms with E-state index in [-0.39, 0.29) is 5.54 Å². The maximum atomic E-state index is 3.68. The minimum absolute atomic E-state index is 0.222. The lowest BCUT2D eigenvalue weighted by molar-refractivity contribution is 0.0983. The molecule has 0 radical (unpaired) electrons. The van der Waals surface area contributed by atoms with Crippen molar-refractivity contribution in [2.75, 3.05) is 32.7 Å². The van der Waals surface area contributed by atoms with Gasteiger partial charge in [-0.05, 0) is 36.8 Å². The first-order chi connectivity index (χ1) is 12.2. The number of nitrogens with one attached hydrogen (secondary N) is 1. The van der Waals surface area contributed by atoms with E-state index < -0.39 is 0 Å². The molecule has 0 unspecified atom stereocenters. The van der Waals surface area contributed by atoms with Crippen LogP contribution in [0.5, 0.6) is 0 Å². The van der Waals surface area contributed by atoms with E-state index in [4.69, 9.17) is 0 Å². The van der Waals surface area contributed by atoms with E-state index in [0.29, 0.717) is 5.41 Å². The zero-order chi connectivity index (χ0) is 19.2. The number of hydrogen-bond acceptors (Lipinski definition) is 3. The summed E-state index contributed by atoms with van der Waals surface area (Å²) in [6, 6.07) is 9.21. The second kappa shape index (κ2) is 9.34. The van der Waals surface area contributed by atoms with E-state index in [1.54, 1.807) is 0 Å².